The second-order valence-electron chi connectivity index (χ2n) is 6.87. The monoisotopic (exact) mass is 396 g/mol. The third-order valence-corrected chi connectivity index (χ3v) is 5.21. The fourth-order valence-electron chi connectivity index (χ4n) is 3.38. The second-order valence-corrected chi connectivity index (χ2v) is 7.23. The van der Waals surface area contributed by atoms with Crippen LogP contribution in [0, 0.1) is 6.92 Å². The molecule has 2 aromatic heterocycles. The maximum atomic E-state index is 6.52. The molecular formula is C24H17ClN4. The van der Waals surface area contributed by atoms with Crippen LogP contribution in [0.5, 0.6) is 0 Å². The molecule has 0 amide bonds. The summed E-state index contributed by atoms with van der Waals surface area (Å²) >= 11 is 6.52. The number of aryl methyl sites for hydroxylation is 1. The summed E-state index contributed by atoms with van der Waals surface area (Å²) in [5.41, 5.74) is 4.55. The highest BCUT2D eigenvalue weighted by atomic mass is 35.5. The van der Waals surface area contributed by atoms with Crippen molar-refractivity contribution >= 4 is 44.9 Å². The molecule has 0 atom stereocenters. The minimum Gasteiger partial charge on any atom is -0.339 e. The lowest BCUT2D eigenvalue weighted by atomic mass is 10.1. The molecule has 3 aromatic carbocycles. The van der Waals surface area contributed by atoms with Gasteiger partial charge in [-0.2, -0.15) is 0 Å². The number of hydrogen-bond donors (Lipinski definition) is 1. The number of nitrogens with one attached hydrogen (secondary N) is 1. The first-order chi connectivity index (χ1) is 14.2. The molecule has 5 heteroatoms. The molecule has 0 bridgehead atoms. The summed E-state index contributed by atoms with van der Waals surface area (Å²) in [6, 6.07) is 25.9. The first kappa shape index (κ1) is 17.6. The van der Waals surface area contributed by atoms with Crippen LogP contribution >= 0.6 is 11.6 Å². The predicted octanol–water partition coefficient (Wildman–Crippen LogP) is 6.55. The Hall–Kier alpha value is -3.50. The van der Waals surface area contributed by atoms with Crippen LogP contribution in [0.1, 0.15) is 5.56 Å². The van der Waals surface area contributed by atoms with E-state index < -0.39 is 0 Å². The Balaban J connectivity index is 1.71. The van der Waals surface area contributed by atoms with Crippen molar-refractivity contribution < 1.29 is 0 Å². The van der Waals surface area contributed by atoms with Crippen LogP contribution in [-0.2, 0) is 0 Å². The maximum Gasteiger partial charge on any atom is 0.165 e. The highest BCUT2D eigenvalue weighted by molar-refractivity contribution is 6.32. The SMILES string of the molecule is Cc1ccccc1Nc1nc(-c2cc3ccccc3nc2Cl)nc2ccccc12. The number of para-hydroxylation sites is 3. The Morgan fingerprint density at radius 2 is 1.48 bits per heavy atom. The van der Waals surface area contributed by atoms with Crippen molar-refractivity contribution in [2.75, 3.05) is 5.32 Å². The van der Waals surface area contributed by atoms with E-state index in [2.05, 4.69) is 23.3 Å². The van der Waals surface area contributed by atoms with Gasteiger partial charge in [0.15, 0.2) is 5.82 Å². The highest BCUT2D eigenvalue weighted by Gasteiger charge is 2.14. The summed E-state index contributed by atoms with van der Waals surface area (Å²) in [6.07, 6.45) is 0. The van der Waals surface area contributed by atoms with E-state index in [9.17, 15) is 0 Å². The van der Waals surface area contributed by atoms with Crippen LogP contribution < -0.4 is 5.32 Å². The number of halogens is 1. The lowest BCUT2D eigenvalue weighted by molar-refractivity contribution is 1.21. The molecule has 5 aromatic rings. The average Bonchev–Trinajstić information content (AvgIpc) is 2.75. The number of fused-ring (bicyclic) bond motifs is 2. The molecule has 2 heterocycles. The molecule has 0 aliphatic heterocycles. The van der Waals surface area contributed by atoms with Gasteiger partial charge in [-0.25, -0.2) is 15.0 Å². The molecule has 0 unspecified atom stereocenters. The smallest absolute Gasteiger partial charge is 0.165 e. The molecule has 0 saturated heterocycles. The topological polar surface area (TPSA) is 50.7 Å². The first-order valence-electron chi connectivity index (χ1n) is 9.34. The van der Waals surface area contributed by atoms with Gasteiger partial charge < -0.3 is 5.32 Å². The minimum absolute atomic E-state index is 0.390. The molecule has 0 spiro atoms. The minimum atomic E-state index is 0.390. The van der Waals surface area contributed by atoms with Crippen molar-refractivity contribution in [1.82, 2.24) is 15.0 Å². The number of benzene rings is 3. The van der Waals surface area contributed by atoms with Crippen LogP contribution in [0.3, 0.4) is 0 Å². The zero-order chi connectivity index (χ0) is 19.8. The Morgan fingerprint density at radius 1 is 0.759 bits per heavy atom. The Bertz CT molecular complexity index is 1360. The van der Waals surface area contributed by atoms with Crippen LogP contribution in [0.15, 0.2) is 78.9 Å². The van der Waals surface area contributed by atoms with E-state index in [1.54, 1.807) is 0 Å². The van der Waals surface area contributed by atoms with Gasteiger partial charge >= 0.3 is 0 Å². The largest absolute Gasteiger partial charge is 0.339 e. The summed E-state index contributed by atoms with van der Waals surface area (Å²) in [4.78, 5) is 14.1. The third-order valence-electron chi connectivity index (χ3n) is 4.92. The van der Waals surface area contributed by atoms with E-state index in [0.29, 0.717) is 16.5 Å². The zero-order valence-corrected chi connectivity index (χ0v) is 16.5. The molecule has 29 heavy (non-hydrogen) atoms. The quantitative estimate of drug-likeness (QED) is 0.351. The van der Waals surface area contributed by atoms with E-state index in [1.807, 2.05) is 72.8 Å². The van der Waals surface area contributed by atoms with Crippen molar-refractivity contribution in [2.24, 2.45) is 0 Å². The standard InChI is InChI=1S/C24H17ClN4/c1-15-8-2-5-11-19(15)27-23-17-10-4-7-13-21(17)28-24(29-23)18-14-16-9-3-6-12-20(16)26-22(18)25/h2-14H,1H3,(H,27,28,29). The first-order valence-corrected chi connectivity index (χ1v) is 9.72. The van der Waals surface area contributed by atoms with Crippen molar-refractivity contribution in [3.63, 3.8) is 0 Å². The summed E-state index contributed by atoms with van der Waals surface area (Å²) in [7, 11) is 0. The van der Waals surface area contributed by atoms with Gasteiger partial charge in [0.25, 0.3) is 0 Å². The van der Waals surface area contributed by atoms with Gasteiger partial charge in [0.05, 0.1) is 16.6 Å². The molecule has 0 fully saturated rings. The van der Waals surface area contributed by atoms with Gasteiger partial charge in [0.2, 0.25) is 0 Å². The number of anilines is 2. The normalized spacial score (nSPS) is 11.1. The lowest BCUT2D eigenvalue weighted by Crippen LogP contribution is -2.01. The van der Waals surface area contributed by atoms with Crippen LogP contribution in [-0.4, -0.2) is 15.0 Å². The van der Waals surface area contributed by atoms with E-state index >= 15 is 0 Å². The molecule has 140 valence electrons. The molecule has 0 radical (unpaired) electrons. The molecule has 1 N–H and O–H groups in total. The number of rotatable bonds is 3. The van der Waals surface area contributed by atoms with E-state index in [0.717, 1.165) is 38.9 Å². The Labute approximate surface area is 173 Å². The molecule has 0 aliphatic rings. The van der Waals surface area contributed by atoms with Crippen LogP contribution in [0.25, 0.3) is 33.2 Å². The molecule has 0 saturated carbocycles. The van der Waals surface area contributed by atoms with E-state index in [4.69, 9.17) is 21.6 Å². The van der Waals surface area contributed by atoms with Gasteiger partial charge in [-0.05, 0) is 42.8 Å². The van der Waals surface area contributed by atoms with Gasteiger partial charge in [-0.3, -0.25) is 0 Å². The predicted molar refractivity (Wildman–Crippen MR) is 120 cm³/mol. The fourth-order valence-corrected chi connectivity index (χ4v) is 3.61. The van der Waals surface area contributed by atoms with Crippen LogP contribution in [0.2, 0.25) is 5.15 Å². The fraction of sp³-hybridized carbons (Fsp3) is 0.0417. The second kappa shape index (κ2) is 7.15. The van der Waals surface area contributed by atoms with Gasteiger partial charge in [-0.15, -0.1) is 0 Å². The average molecular weight is 397 g/mol. The van der Waals surface area contributed by atoms with E-state index in [1.165, 1.54) is 0 Å². The number of hydrogen-bond acceptors (Lipinski definition) is 4. The van der Waals surface area contributed by atoms with Crippen LogP contribution in [0.4, 0.5) is 11.5 Å². The molecule has 0 aliphatic carbocycles. The Kier molecular flexibility index (Phi) is 4.34. The Morgan fingerprint density at radius 3 is 2.34 bits per heavy atom. The highest BCUT2D eigenvalue weighted by Crippen LogP contribution is 2.32. The number of nitrogens with zero attached hydrogens (tertiary/aromatic N) is 3. The zero-order valence-electron chi connectivity index (χ0n) is 15.7. The van der Waals surface area contributed by atoms with Gasteiger partial charge in [0, 0.05) is 16.5 Å². The summed E-state index contributed by atoms with van der Waals surface area (Å²) in [5.74, 6) is 1.28. The van der Waals surface area contributed by atoms with E-state index in [-0.39, 0.29) is 0 Å². The lowest BCUT2D eigenvalue weighted by Gasteiger charge is -2.13. The molecule has 4 nitrogen and oxygen atoms in total. The maximum absolute atomic E-state index is 6.52. The van der Waals surface area contributed by atoms with Crippen molar-refractivity contribution in [3.05, 3.63) is 89.6 Å². The number of aromatic nitrogens is 3. The molecular weight excluding hydrogens is 380 g/mol. The summed E-state index contributed by atoms with van der Waals surface area (Å²) < 4.78 is 0. The van der Waals surface area contributed by atoms with Crippen molar-refractivity contribution in [2.45, 2.75) is 6.92 Å². The van der Waals surface area contributed by atoms with Gasteiger partial charge in [0.1, 0.15) is 11.0 Å². The molecule has 5 rings (SSSR count). The van der Waals surface area contributed by atoms with Crippen molar-refractivity contribution in [3.8, 4) is 11.4 Å². The third kappa shape index (κ3) is 3.28. The summed E-state index contributed by atoms with van der Waals surface area (Å²) in [6.45, 7) is 2.07. The number of pyridine rings is 1. The summed E-state index contributed by atoms with van der Waals surface area (Å²) in [5, 5.41) is 5.80. The van der Waals surface area contributed by atoms with Crippen molar-refractivity contribution in [1.29, 1.82) is 0 Å². The van der Waals surface area contributed by atoms with Gasteiger partial charge in [-0.1, -0.05) is 60.1 Å².